The van der Waals surface area contributed by atoms with Gasteiger partial charge in [-0.15, -0.1) is 0 Å². The lowest BCUT2D eigenvalue weighted by molar-refractivity contribution is -0.146. The number of rotatable bonds is 7. The van der Waals surface area contributed by atoms with Crippen LogP contribution in [-0.4, -0.2) is 31.4 Å². The molecule has 0 radical (unpaired) electrons. The van der Waals surface area contributed by atoms with E-state index in [9.17, 15) is 14.4 Å². The zero-order valence-corrected chi connectivity index (χ0v) is 16.2. The minimum absolute atomic E-state index is 0.133. The van der Waals surface area contributed by atoms with E-state index in [0.717, 1.165) is 0 Å². The van der Waals surface area contributed by atoms with Crippen LogP contribution in [0.5, 0.6) is 5.75 Å². The largest absolute Gasteiger partial charge is 0.496 e. The Kier molecular flexibility index (Phi) is 7.21. The van der Waals surface area contributed by atoms with Crippen molar-refractivity contribution in [3.8, 4) is 5.75 Å². The average Bonchev–Trinajstić information content (AvgIpc) is 2.59. The van der Waals surface area contributed by atoms with Crippen LogP contribution in [0.1, 0.15) is 22.8 Å². The number of hydrogen-bond acceptors (Lipinski definition) is 5. The van der Waals surface area contributed by atoms with Gasteiger partial charge in [0.1, 0.15) is 5.75 Å². The van der Waals surface area contributed by atoms with Crippen molar-refractivity contribution in [2.24, 2.45) is 0 Å². The molecule has 27 heavy (non-hydrogen) atoms. The first-order chi connectivity index (χ1) is 12.8. The molecule has 0 spiro atoms. The third-order valence-electron chi connectivity index (χ3n) is 3.53. The van der Waals surface area contributed by atoms with Crippen LogP contribution in [0.3, 0.4) is 0 Å². The fourth-order valence-electron chi connectivity index (χ4n) is 2.31. The van der Waals surface area contributed by atoms with Gasteiger partial charge in [-0.1, -0.05) is 23.2 Å². The van der Waals surface area contributed by atoms with Gasteiger partial charge in [-0.3, -0.25) is 14.4 Å². The molecule has 0 atom stereocenters. The van der Waals surface area contributed by atoms with Gasteiger partial charge in [0.25, 0.3) is 5.91 Å². The molecular formula is C19H17Cl2NO5. The lowest BCUT2D eigenvalue weighted by Gasteiger charge is -2.10. The number of carbonyl (C=O) groups is 3. The summed E-state index contributed by atoms with van der Waals surface area (Å²) in [6.07, 6.45) is -0.138. The number of Topliss-reactive ketones (excluding diaryl/α,β-unsaturated/α-hetero) is 1. The molecule has 0 saturated carbocycles. The number of amides is 1. The SMILES string of the molecule is COc1ccc(C(C)=O)cc1CC(=O)OCC(=O)Nc1cc(Cl)cc(Cl)c1. The van der Waals surface area contributed by atoms with Crippen LogP contribution in [0.15, 0.2) is 36.4 Å². The first-order valence-electron chi connectivity index (χ1n) is 7.88. The van der Waals surface area contributed by atoms with E-state index in [0.29, 0.717) is 32.6 Å². The highest BCUT2D eigenvalue weighted by Crippen LogP contribution is 2.23. The summed E-state index contributed by atoms with van der Waals surface area (Å²) in [7, 11) is 1.46. The second-order valence-corrected chi connectivity index (χ2v) is 6.50. The number of halogens is 2. The fourth-order valence-corrected chi connectivity index (χ4v) is 2.84. The summed E-state index contributed by atoms with van der Waals surface area (Å²) >= 11 is 11.7. The van der Waals surface area contributed by atoms with Crippen molar-refractivity contribution in [1.82, 2.24) is 0 Å². The Morgan fingerprint density at radius 2 is 1.70 bits per heavy atom. The Hall–Kier alpha value is -2.57. The molecule has 0 aromatic heterocycles. The van der Waals surface area contributed by atoms with E-state index < -0.39 is 18.5 Å². The van der Waals surface area contributed by atoms with Gasteiger partial charge in [-0.05, 0) is 43.3 Å². The zero-order chi connectivity index (χ0) is 20.0. The molecule has 2 aromatic rings. The van der Waals surface area contributed by atoms with Crippen molar-refractivity contribution >= 4 is 46.5 Å². The number of ketones is 1. The molecular weight excluding hydrogens is 393 g/mol. The van der Waals surface area contributed by atoms with Crippen LogP contribution in [0.4, 0.5) is 5.69 Å². The van der Waals surface area contributed by atoms with Gasteiger partial charge in [0.05, 0.1) is 13.5 Å². The van der Waals surface area contributed by atoms with Gasteiger partial charge in [-0.25, -0.2) is 0 Å². The molecule has 2 aromatic carbocycles. The van der Waals surface area contributed by atoms with Crippen molar-refractivity contribution in [2.75, 3.05) is 19.0 Å². The van der Waals surface area contributed by atoms with Gasteiger partial charge in [0.2, 0.25) is 0 Å². The maximum absolute atomic E-state index is 12.0. The number of esters is 1. The molecule has 0 aliphatic heterocycles. The van der Waals surface area contributed by atoms with Gasteiger partial charge in [0.15, 0.2) is 12.4 Å². The van der Waals surface area contributed by atoms with E-state index >= 15 is 0 Å². The number of hydrogen-bond donors (Lipinski definition) is 1. The first kappa shape index (κ1) is 20.7. The summed E-state index contributed by atoms with van der Waals surface area (Å²) in [5, 5.41) is 3.27. The predicted octanol–water partition coefficient (Wildman–Crippen LogP) is 3.93. The lowest BCUT2D eigenvalue weighted by Crippen LogP contribution is -2.21. The molecule has 1 amide bonds. The molecule has 142 valence electrons. The van der Waals surface area contributed by atoms with E-state index in [1.54, 1.807) is 18.2 Å². The van der Waals surface area contributed by atoms with Crippen molar-refractivity contribution in [1.29, 1.82) is 0 Å². The summed E-state index contributed by atoms with van der Waals surface area (Å²) in [5.74, 6) is -0.846. The molecule has 6 nitrogen and oxygen atoms in total. The highest BCUT2D eigenvalue weighted by Gasteiger charge is 2.14. The maximum atomic E-state index is 12.0. The van der Waals surface area contributed by atoms with Crippen LogP contribution in [0.2, 0.25) is 10.0 Å². The zero-order valence-electron chi connectivity index (χ0n) is 14.7. The summed E-state index contributed by atoms with van der Waals surface area (Å²) in [4.78, 5) is 35.4. The third kappa shape index (κ3) is 6.27. The van der Waals surface area contributed by atoms with Crippen molar-refractivity contribution in [2.45, 2.75) is 13.3 Å². The predicted molar refractivity (Wildman–Crippen MR) is 103 cm³/mol. The van der Waals surface area contributed by atoms with Crippen LogP contribution in [0.25, 0.3) is 0 Å². The molecule has 0 aliphatic rings. The monoisotopic (exact) mass is 409 g/mol. The van der Waals surface area contributed by atoms with E-state index in [1.165, 1.54) is 32.2 Å². The van der Waals surface area contributed by atoms with Gasteiger partial charge in [0, 0.05) is 26.9 Å². The molecule has 1 N–H and O–H groups in total. The maximum Gasteiger partial charge on any atom is 0.310 e. The van der Waals surface area contributed by atoms with E-state index in [-0.39, 0.29) is 12.2 Å². The summed E-state index contributed by atoms with van der Waals surface area (Å²) < 4.78 is 10.2. The first-order valence-corrected chi connectivity index (χ1v) is 8.63. The molecule has 0 bridgehead atoms. The molecule has 0 saturated heterocycles. The molecule has 0 aliphatic carbocycles. The molecule has 2 rings (SSSR count). The Labute approximate surface area is 166 Å². The average molecular weight is 410 g/mol. The van der Waals surface area contributed by atoms with Crippen LogP contribution >= 0.6 is 23.2 Å². The van der Waals surface area contributed by atoms with Crippen molar-refractivity contribution in [3.05, 3.63) is 57.6 Å². The van der Waals surface area contributed by atoms with Crippen LogP contribution in [0, 0.1) is 0 Å². The number of anilines is 1. The Bertz CT molecular complexity index is 862. The molecule has 0 heterocycles. The second kappa shape index (κ2) is 9.39. The van der Waals surface area contributed by atoms with E-state index in [2.05, 4.69) is 5.32 Å². The summed E-state index contributed by atoms with van der Waals surface area (Å²) in [6.45, 7) is 0.952. The van der Waals surface area contributed by atoms with Gasteiger partial charge < -0.3 is 14.8 Å². The highest BCUT2D eigenvalue weighted by molar-refractivity contribution is 6.35. The second-order valence-electron chi connectivity index (χ2n) is 5.63. The van der Waals surface area contributed by atoms with Crippen LogP contribution < -0.4 is 10.1 Å². The Morgan fingerprint density at radius 1 is 1.04 bits per heavy atom. The summed E-state index contributed by atoms with van der Waals surface area (Å²) in [6, 6.07) is 9.35. The Morgan fingerprint density at radius 3 is 2.30 bits per heavy atom. The standard InChI is InChI=1S/C19H17Cl2NO5/c1-11(23)12-3-4-17(26-2)13(5-12)6-19(25)27-10-18(24)22-16-8-14(20)7-15(21)9-16/h3-5,7-9H,6,10H2,1-2H3,(H,22,24). The van der Waals surface area contributed by atoms with Crippen LogP contribution in [-0.2, 0) is 20.7 Å². The summed E-state index contributed by atoms with van der Waals surface area (Å²) in [5.41, 5.74) is 1.34. The quantitative estimate of drug-likeness (QED) is 0.553. The minimum Gasteiger partial charge on any atom is -0.496 e. The fraction of sp³-hybridized carbons (Fsp3) is 0.211. The van der Waals surface area contributed by atoms with Crippen molar-refractivity contribution < 1.29 is 23.9 Å². The number of methoxy groups -OCH3 is 1. The number of benzene rings is 2. The number of nitrogens with one attached hydrogen (secondary N) is 1. The van der Waals surface area contributed by atoms with E-state index in [1.807, 2.05) is 0 Å². The van der Waals surface area contributed by atoms with E-state index in [4.69, 9.17) is 32.7 Å². The number of ether oxygens (including phenoxy) is 2. The highest BCUT2D eigenvalue weighted by atomic mass is 35.5. The minimum atomic E-state index is -0.631. The Balaban J connectivity index is 1.95. The molecule has 0 unspecified atom stereocenters. The van der Waals surface area contributed by atoms with Gasteiger partial charge >= 0.3 is 5.97 Å². The lowest BCUT2D eigenvalue weighted by atomic mass is 10.0. The van der Waals surface area contributed by atoms with Crippen molar-refractivity contribution in [3.63, 3.8) is 0 Å². The van der Waals surface area contributed by atoms with Gasteiger partial charge in [-0.2, -0.15) is 0 Å². The third-order valence-corrected chi connectivity index (χ3v) is 3.97. The number of carbonyl (C=O) groups excluding carboxylic acids is 3. The topological polar surface area (TPSA) is 81.7 Å². The molecule has 0 fully saturated rings. The molecule has 8 heteroatoms. The normalized spacial score (nSPS) is 10.2. The smallest absolute Gasteiger partial charge is 0.310 e.